The minimum absolute atomic E-state index is 0.104. The SMILES string of the molecule is CCN(CC)CCCN1C(=O)c2oc3cc(C)c(C)cc3c(=O)c2[C@H]1c1ccccc1. The van der Waals surface area contributed by atoms with Crippen LogP contribution in [0.5, 0.6) is 0 Å². The summed E-state index contributed by atoms with van der Waals surface area (Å²) in [4.78, 5) is 31.2. The van der Waals surface area contributed by atoms with Gasteiger partial charge in [0, 0.05) is 6.54 Å². The van der Waals surface area contributed by atoms with Crippen LogP contribution in [0, 0.1) is 13.8 Å². The molecule has 0 radical (unpaired) electrons. The van der Waals surface area contributed by atoms with Gasteiger partial charge in [0.05, 0.1) is 17.0 Å². The standard InChI is InChI=1S/C26H30N2O3/c1-5-27(6-2)13-10-14-28-23(19-11-8-7-9-12-19)22-24(29)20-15-17(3)18(4)16-21(20)31-25(22)26(28)30/h7-9,11-12,15-16,23H,5-6,10,13-14H2,1-4H3/t23-/m1/s1. The number of hydrogen-bond acceptors (Lipinski definition) is 4. The van der Waals surface area contributed by atoms with Gasteiger partial charge in [0.15, 0.2) is 5.43 Å². The molecule has 2 aromatic carbocycles. The van der Waals surface area contributed by atoms with E-state index < -0.39 is 6.04 Å². The number of fused-ring (bicyclic) bond motifs is 2. The second-order valence-electron chi connectivity index (χ2n) is 8.30. The summed E-state index contributed by atoms with van der Waals surface area (Å²) in [6, 6.07) is 13.1. The molecule has 162 valence electrons. The Kier molecular flexibility index (Phi) is 5.96. The summed E-state index contributed by atoms with van der Waals surface area (Å²) in [7, 11) is 0. The largest absolute Gasteiger partial charge is 0.450 e. The minimum atomic E-state index is -0.414. The summed E-state index contributed by atoms with van der Waals surface area (Å²) in [6.45, 7) is 11.7. The highest BCUT2D eigenvalue weighted by Crippen LogP contribution is 2.38. The van der Waals surface area contributed by atoms with Crippen LogP contribution < -0.4 is 5.43 Å². The highest BCUT2D eigenvalue weighted by molar-refractivity contribution is 5.99. The van der Waals surface area contributed by atoms with Crippen LogP contribution in [0.3, 0.4) is 0 Å². The molecular formula is C26H30N2O3. The third-order valence-electron chi connectivity index (χ3n) is 6.47. The highest BCUT2D eigenvalue weighted by atomic mass is 16.3. The van der Waals surface area contributed by atoms with E-state index in [-0.39, 0.29) is 17.1 Å². The molecule has 0 fully saturated rings. The van der Waals surface area contributed by atoms with Crippen LogP contribution in [-0.2, 0) is 0 Å². The third kappa shape index (κ3) is 3.79. The summed E-state index contributed by atoms with van der Waals surface area (Å²) in [5, 5.41) is 0.542. The maximum absolute atomic E-state index is 13.6. The molecule has 4 rings (SSSR count). The van der Waals surface area contributed by atoms with Gasteiger partial charge in [-0.3, -0.25) is 9.59 Å². The van der Waals surface area contributed by atoms with Crippen LogP contribution in [-0.4, -0.2) is 41.9 Å². The minimum Gasteiger partial charge on any atom is -0.450 e. The van der Waals surface area contributed by atoms with Gasteiger partial charge in [-0.05, 0) is 68.7 Å². The van der Waals surface area contributed by atoms with Crippen LogP contribution in [0.1, 0.15) is 59.1 Å². The molecule has 1 aliphatic rings. The predicted molar refractivity (Wildman–Crippen MR) is 124 cm³/mol. The first-order valence-electron chi connectivity index (χ1n) is 11.1. The van der Waals surface area contributed by atoms with E-state index >= 15 is 0 Å². The summed E-state index contributed by atoms with van der Waals surface area (Å²) in [5.74, 6) is -0.00178. The number of aryl methyl sites for hydroxylation is 2. The second kappa shape index (κ2) is 8.67. The number of hydrogen-bond donors (Lipinski definition) is 0. The number of carbonyl (C=O) groups excluding carboxylic acids is 1. The molecule has 0 unspecified atom stereocenters. The van der Waals surface area contributed by atoms with Crippen LogP contribution >= 0.6 is 0 Å². The lowest BCUT2D eigenvalue weighted by molar-refractivity contribution is 0.0720. The van der Waals surface area contributed by atoms with Crippen LogP contribution in [0.25, 0.3) is 11.0 Å². The molecule has 1 aromatic heterocycles. The monoisotopic (exact) mass is 418 g/mol. The molecule has 3 aromatic rings. The fourth-order valence-corrected chi connectivity index (χ4v) is 4.49. The fourth-order valence-electron chi connectivity index (χ4n) is 4.49. The van der Waals surface area contributed by atoms with Crippen LogP contribution in [0.4, 0.5) is 0 Å². The highest BCUT2D eigenvalue weighted by Gasteiger charge is 2.42. The molecule has 0 bridgehead atoms. The van der Waals surface area contributed by atoms with Gasteiger partial charge < -0.3 is 14.2 Å². The Morgan fingerprint density at radius 1 is 1.00 bits per heavy atom. The van der Waals surface area contributed by atoms with E-state index in [1.807, 2.05) is 61.2 Å². The number of rotatable bonds is 7. The van der Waals surface area contributed by atoms with E-state index in [2.05, 4.69) is 18.7 Å². The van der Waals surface area contributed by atoms with Gasteiger partial charge in [0.25, 0.3) is 5.91 Å². The van der Waals surface area contributed by atoms with Crippen molar-refractivity contribution < 1.29 is 9.21 Å². The molecule has 1 atom stereocenters. The number of benzene rings is 2. The maximum atomic E-state index is 13.6. The first kappa shape index (κ1) is 21.3. The fraction of sp³-hybridized carbons (Fsp3) is 0.385. The molecule has 0 spiro atoms. The quantitative estimate of drug-likeness (QED) is 0.559. The van der Waals surface area contributed by atoms with Gasteiger partial charge in [-0.2, -0.15) is 0 Å². The molecule has 31 heavy (non-hydrogen) atoms. The van der Waals surface area contributed by atoms with Crippen molar-refractivity contribution in [2.45, 2.75) is 40.2 Å². The van der Waals surface area contributed by atoms with Gasteiger partial charge in [0.1, 0.15) is 5.58 Å². The molecule has 0 saturated heterocycles. The van der Waals surface area contributed by atoms with Crippen molar-refractivity contribution in [1.29, 1.82) is 0 Å². The van der Waals surface area contributed by atoms with Crippen LogP contribution in [0.2, 0.25) is 0 Å². The molecular weight excluding hydrogens is 388 g/mol. The second-order valence-corrected chi connectivity index (χ2v) is 8.30. The van der Waals surface area contributed by atoms with Gasteiger partial charge in [-0.1, -0.05) is 44.2 Å². The van der Waals surface area contributed by atoms with Gasteiger partial charge in [-0.15, -0.1) is 0 Å². The number of nitrogens with zero attached hydrogens (tertiary/aromatic N) is 2. The summed E-state index contributed by atoms with van der Waals surface area (Å²) < 4.78 is 6.08. The zero-order chi connectivity index (χ0) is 22.1. The Hall–Kier alpha value is -2.92. The van der Waals surface area contributed by atoms with Crippen molar-refractivity contribution in [2.24, 2.45) is 0 Å². The van der Waals surface area contributed by atoms with Crippen molar-refractivity contribution in [3.05, 3.63) is 80.7 Å². The molecule has 1 aliphatic heterocycles. The zero-order valence-electron chi connectivity index (χ0n) is 18.8. The van der Waals surface area contributed by atoms with Crippen LogP contribution in [0.15, 0.2) is 51.7 Å². The number of amides is 1. The van der Waals surface area contributed by atoms with Crippen molar-refractivity contribution in [3.8, 4) is 0 Å². The smallest absolute Gasteiger partial charge is 0.290 e. The van der Waals surface area contributed by atoms with E-state index in [0.29, 0.717) is 23.1 Å². The zero-order valence-corrected chi connectivity index (χ0v) is 18.8. The van der Waals surface area contributed by atoms with E-state index in [4.69, 9.17) is 4.42 Å². The van der Waals surface area contributed by atoms with Gasteiger partial charge in [0.2, 0.25) is 5.76 Å². The van der Waals surface area contributed by atoms with Crippen molar-refractivity contribution in [3.63, 3.8) is 0 Å². The molecule has 0 aliphatic carbocycles. The van der Waals surface area contributed by atoms with E-state index in [1.54, 1.807) is 0 Å². The Bertz CT molecular complexity index is 1160. The topological polar surface area (TPSA) is 53.8 Å². The van der Waals surface area contributed by atoms with Crippen molar-refractivity contribution in [2.75, 3.05) is 26.2 Å². The lowest BCUT2D eigenvalue weighted by Gasteiger charge is -2.26. The molecule has 2 heterocycles. The van der Waals surface area contributed by atoms with Crippen molar-refractivity contribution >= 4 is 16.9 Å². The van der Waals surface area contributed by atoms with Gasteiger partial charge in [-0.25, -0.2) is 0 Å². The molecule has 0 saturated carbocycles. The predicted octanol–water partition coefficient (Wildman–Crippen LogP) is 4.69. The maximum Gasteiger partial charge on any atom is 0.290 e. The Morgan fingerprint density at radius 3 is 2.35 bits per heavy atom. The van der Waals surface area contributed by atoms with E-state index in [9.17, 15) is 9.59 Å². The normalized spacial score (nSPS) is 15.8. The molecule has 5 heteroatoms. The first-order chi connectivity index (χ1) is 15.0. The lowest BCUT2D eigenvalue weighted by atomic mass is 9.97. The Labute approximate surface area is 183 Å². The van der Waals surface area contributed by atoms with E-state index in [0.717, 1.165) is 42.7 Å². The first-order valence-corrected chi connectivity index (χ1v) is 11.1. The van der Waals surface area contributed by atoms with E-state index in [1.165, 1.54) is 0 Å². The molecule has 5 nitrogen and oxygen atoms in total. The summed E-state index contributed by atoms with van der Waals surface area (Å²) >= 11 is 0. The third-order valence-corrected chi connectivity index (χ3v) is 6.47. The summed E-state index contributed by atoms with van der Waals surface area (Å²) in [5.41, 5.74) is 3.86. The summed E-state index contributed by atoms with van der Waals surface area (Å²) in [6.07, 6.45) is 0.844. The lowest BCUT2D eigenvalue weighted by Crippen LogP contribution is -2.33. The molecule has 1 amide bonds. The average Bonchev–Trinajstić information content (AvgIpc) is 3.05. The van der Waals surface area contributed by atoms with Crippen molar-refractivity contribution in [1.82, 2.24) is 9.80 Å². The molecule has 0 N–H and O–H groups in total. The number of carbonyl (C=O) groups is 1. The average molecular weight is 419 g/mol. The Morgan fingerprint density at radius 2 is 1.68 bits per heavy atom. The Balaban J connectivity index is 1.81. The van der Waals surface area contributed by atoms with Gasteiger partial charge >= 0.3 is 0 Å².